The van der Waals surface area contributed by atoms with Gasteiger partial charge in [0, 0.05) is 25.5 Å². The second-order valence-electron chi connectivity index (χ2n) is 5.76. The van der Waals surface area contributed by atoms with Gasteiger partial charge in [0.15, 0.2) is 11.5 Å². The first-order chi connectivity index (χ1) is 12.7. The van der Waals surface area contributed by atoms with Gasteiger partial charge in [-0.3, -0.25) is 0 Å². The van der Waals surface area contributed by atoms with Gasteiger partial charge in [-0.1, -0.05) is 12.1 Å². The highest BCUT2D eigenvalue weighted by Crippen LogP contribution is 2.36. The van der Waals surface area contributed by atoms with Gasteiger partial charge in [-0.05, 0) is 64.3 Å². The molecule has 3 rings (SSSR count). The molecule has 0 aliphatic heterocycles. The topological polar surface area (TPSA) is 48.3 Å². The molecule has 2 aromatic carbocycles. The Morgan fingerprint density at radius 3 is 2.54 bits per heavy atom. The van der Waals surface area contributed by atoms with Crippen molar-refractivity contribution >= 4 is 15.9 Å². The Bertz CT molecular complexity index is 833. The summed E-state index contributed by atoms with van der Waals surface area (Å²) in [4.78, 5) is 0. The van der Waals surface area contributed by atoms with Crippen LogP contribution in [0.2, 0.25) is 0 Å². The molecular weight excluding hydrogens is 394 g/mol. The van der Waals surface area contributed by atoms with Gasteiger partial charge in [-0.15, -0.1) is 0 Å². The van der Waals surface area contributed by atoms with E-state index in [0.29, 0.717) is 6.61 Å². The summed E-state index contributed by atoms with van der Waals surface area (Å²) in [5.74, 6) is 1.48. The van der Waals surface area contributed by atoms with E-state index in [-0.39, 0.29) is 0 Å². The summed E-state index contributed by atoms with van der Waals surface area (Å²) in [6.45, 7) is 4.08. The molecule has 0 aliphatic carbocycles. The molecule has 0 unspecified atom stereocenters. The summed E-state index contributed by atoms with van der Waals surface area (Å²) >= 11 is 3.56. The molecule has 0 spiro atoms. The van der Waals surface area contributed by atoms with Crippen LogP contribution in [0, 0.1) is 0 Å². The van der Waals surface area contributed by atoms with Crippen LogP contribution < -0.4 is 14.8 Å². The number of nitrogens with zero attached hydrogens (tertiary/aromatic N) is 2. The second-order valence-corrected chi connectivity index (χ2v) is 6.62. The second kappa shape index (κ2) is 8.87. The fraction of sp³-hybridized carbons (Fsp3) is 0.250. The third kappa shape index (κ3) is 4.45. The lowest BCUT2D eigenvalue weighted by atomic mass is 10.1. The van der Waals surface area contributed by atoms with Crippen molar-refractivity contribution in [3.8, 4) is 17.2 Å². The number of ether oxygens (including phenoxy) is 2. The van der Waals surface area contributed by atoms with Gasteiger partial charge in [-0.25, -0.2) is 4.68 Å². The highest BCUT2D eigenvalue weighted by atomic mass is 79.9. The number of rotatable bonds is 8. The van der Waals surface area contributed by atoms with Crippen LogP contribution in [0.3, 0.4) is 0 Å². The Hall–Kier alpha value is -2.31. The highest BCUT2D eigenvalue weighted by Gasteiger charge is 2.11. The Labute approximate surface area is 162 Å². The van der Waals surface area contributed by atoms with Crippen LogP contribution in [-0.2, 0) is 13.1 Å². The first-order valence-electron chi connectivity index (χ1n) is 8.50. The molecule has 1 aromatic heterocycles. The van der Waals surface area contributed by atoms with Gasteiger partial charge in [0.2, 0.25) is 0 Å². The third-order valence-electron chi connectivity index (χ3n) is 3.94. The van der Waals surface area contributed by atoms with Crippen molar-refractivity contribution < 1.29 is 9.47 Å². The molecule has 5 nitrogen and oxygen atoms in total. The lowest BCUT2D eigenvalue weighted by molar-refractivity contribution is 0.308. The molecule has 26 heavy (non-hydrogen) atoms. The van der Waals surface area contributed by atoms with E-state index in [1.54, 1.807) is 13.3 Å². The number of halogens is 1. The molecule has 3 aromatic rings. The fourth-order valence-corrected chi connectivity index (χ4v) is 3.30. The molecule has 0 aliphatic rings. The molecule has 0 saturated carbocycles. The van der Waals surface area contributed by atoms with E-state index >= 15 is 0 Å². The van der Waals surface area contributed by atoms with Crippen molar-refractivity contribution in [2.24, 2.45) is 0 Å². The molecule has 0 atom stereocenters. The van der Waals surface area contributed by atoms with Gasteiger partial charge >= 0.3 is 0 Å². The number of methoxy groups -OCH3 is 1. The quantitative estimate of drug-likeness (QED) is 0.594. The highest BCUT2D eigenvalue weighted by molar-refractivity contribution is 9.10. The van der Waals surface area contributed by atoms with Crippen molar-refractivity contribution in [3.05, 3.63) is 70.5 Å². The van der Waals surface area contributed by atoms with Crippen LogP contribution in [0.15, 0.2) is 59.3 Å². The van der Waals surface area contributed by atoms with Crippen LogP contribution >= 0.6 is 15.9 Å². The third-order valence-corrected chi connectivity index (χ3v) is 4.53. The fourth-order valence-electron chi connectivity index (χ4n) is 2.70. The minimum atomic E-state index is 0.598. The molecule has 0 bridgehead atoms. The minimum Gasteiger partial charge on any atom is -0.493 e. The SMILES string of the molecule is CCOc1c(Br)cc(CNCc2ccc(-n3cccn3)cc2)cc1OC. The number of aromatic nitrogens is 2. The predicted octanol–water partition coefficient (Wildman–Crippen LogP) is 4.33. The van der Waals surface area contributed by atoms with Crippen LogP contribution in [0.25, 0.3) is 5.69 Å². The first-order valence-corrected chi connectivity index (χ1v) is 9.29. The molecule has 0 radical (unpaired) electrons. The summed E-state index contributed by atoms with van der Waals surface area (Å²) < 4.78 is 13.8. The zero-order chi connectivity index (χ0) is 18.4. The summed E-state index contributed by atoms with van der Waals surface area (Å²) in [6, 6.07) is 14.3. The van der Waals surface area contributed by atoms with E-state index in [2.05, 4.69) is 56.7 Å². The van der Waals surface area contributed by atoms with E-state index in [9.17, 15) is 0 Å². The van der Waals surface area contributed by atoms with Gasteiger partial charge in [0.1, 0.15) is 0 Å². The first kappa shape index (κ1) is 18.5. The molecule has 136 valence electrons. The number of nitrogens with one attached hydrogen (secondary N) is 1. The van der Waals surface area contributed by atoms with E-state index in [1.807, 2.05) is 29.9 Å². The summed E-state index contributed by atoms with van der Waals surface area (Å²) in [7, 11) is 1.66. The monoisotopic (exact) mass is 415 g/mol. The number of hydrogen-bond donors (Lipinski definition) is 1. The van der Waals surface area contributed by atoms with Crippen LogP contribution in [0.4, 0.5) is 0 Å². The van der Waals surface area contributed by atoms with E-state index in [4.69, 9.17) is 9.47 Å². The Balaban J connectivity index is 1.60. The largest absolute Gasteiger partial charge is 0.493 e. The summed E-state index contributed by atoms with van der Waals surface area (Å²) in [6.07, 6.45) is 3.71. The van der Waals surface area contributed by atoms with Crippen molar-refractivity contribution in [2.75, 3.05) is 13.7 Å². The zero-order valence-corrected chi connectivity index (χ0v) is 16.5. The van der Waals surface area contributed by atoms with E-state index < -0.39 is 0 Å². The average Bonchev–Trinajstić information content (AvgIpc) is 3.19. The number of benzene rings is 2. The van der Waals surface area contributed by atoms with Gasteiger partial charge in [0.25, 0.3) is 0 Å². The van der Waals surface area contributed by atoms with Crippen LogP contribution in [0.1, 0.15) is 18.1 Å². The lowest BCUT2D eigenvalue weighted by Gasteiger charge is -2.14. The maximum absolute atomic E-state index is 5.63. The molecule has 6 heteroatoms. The molecule has 1 heterocycles. The van der Waals surface area contributed by atoms with Gasteiger partial charge in [-0.2, -0.15) is 5.10 Å². The Morgan fingerprint density at radius 1 is 1.12 bits per heavy atom. The van der Waals surface area contributed by atoms with Crippen molar-refractivity contribution in [2.45, 2.75) is 20.0 Å². The molecule has 0 fully saturated rings. The Morgan fingerprint density at radius 2 is 1.88 bits per heavy atom. The average molecular weight is 416 g/mol. The predicted molar refractivity (Wildman–Crippen MR) is 106 cm³/mol. The minimum absolute atomic E-state index is 0.598. The van der Waals surface area contributed by atoms with Crippen LogP contribution in [-0.4, -0.2) is 23.5 Å². The molecule has 0 saturated heterocycles. The molecular formula is C20H22BrN3O2. The standard InChI is InChI=1S/C20H22BrN3O2/c1-3-26-20-18(21)11-16(12-19(20)25-2)14-22-13-15-5-7-17(8-6-15)24-10-4-9-23-24/h4-12,22H,3,13-14H2,1-2H3. The van der Waals surface area contributed by atoms with Crippen molar-refractivity contribution in [1.29, 1.82) is 0 Å². The van der Waals surface area contributed by atoms with E-state index in [0.717, 1.165) is 40.3 Å². The smallest absolute Gasteiger partial charge is 0.175 e. The van der Waals surface area contributed by atoms with E-state index in [1.165, 1.54) is 5.56 Å². The molecule has 0 amide bonds. The van der Waals surface area contributed by atoms with Crippen molar-refractivity contribution in [3.63, 3.8) is 0 Å². The maximum Gasteiger partial charge on any atom is 0.175 e. The van der Waals surface area contributed by atoms with Gasteiger partial charge in [0.05, 0.1) is 23.9 Å². The van der Waals surface area contributed by atoms with Gasteiger partial charge < -0.3 is 14.8 Å². The Kier molecular flexibility index (Phi) is 6.30. The summed E-state index contributed by atoms with van der Waals surface area (Å²) in [5, 5.41) is 7.70. The number of hydrogen-bond acceptors (Lipinski definition) is 4. The lowest BCUT2D eigenvalue weighted by Crippen LogP contribution is -2.13. The van der Waals surface area contributed by atoms with Crippen LogP contribution in [0.5, 0.6) is 11.5 Å². The maximum atomic E-state index is 5.63. The van der Waals surface area contributed by atoms with Crippen molar-refractivity contribution in [1.82, 2.24) is 15.1 Å². The zero-order valence-electron chi connectivity index (χ0n) is 14.9. The molecule has 1 N–H and O–H groups in total. The normalized spacial score (nSPS) is 10.7. The summed E-state index contributed by atoms with van der Waals surface area (Å²) in [5.41, 5.74) is 3.40.